The maximum Gasteiger partial charge on any atom is 0.211 e. The Kier molecular flexibility index (Phi) is 3.40. The molecule has 88 valence electrons. The van der Waals surface area contributed by atoms with Gasteiger partial charge < -0.3 is 14.5 Å². The summed E-state index contributed by atoms with van der Waals surface area (Å²) in [5, 5.41) is 2.37. The van der Waals surface area contributed by atoms with Gasteiger partial charge in [-0.15, -0.1) is 0 Å². The second kappa shape index (κ2) is 5.16. The maximum atomic E-state index is 13.0. The lowest BCUT2D eigenvalue weighted by Crippen LogP contribution is -2.00. The van der Waals surface area contributed by atoms with Crippen LogP contribution in [0.2, 0.25) is 0 Å². The third-order valence-corrected chi connectivity index (χ3v) is 2.11. The summed E-state index contributed by atoms with van der Waals surface area (Å²) in [4.78, 5) is 10.4. The van der Waals surface area contributed by atoms with E-state index in [0.717, 1.165) is 0 Å². The van der Waals surface area contributed by atoms with E-state index in [4.69, 9.17) is 9.15 Å². The molecule has 0 fully saturated rings. The minimum absolute atomic E-state index is 0.214. The molecular formula is C12H10FNO3. The number of carbonyl (C=O) groups is 1. The molecule has 0 unspecified atom stereocenters. The van der Waals surface area contributed by atoms with Gasteiger partial charge in [0.25, 0.3) is 0 Å². The fraction of sp³-hybridized carbons (Fsp3) is 0.0833. The van der Waals surface area contributed by atoms with Gasteiger partial charge in [0.05, 0.1) is 12.0 Å². The number of rotatable bonds is 5. The van der Waals surface area contributed by atoms with Gasteiger partial charge in [-0.25, -0.2) is 4.39 Å². The number of nitrogens with one attached hydrogen (secondary N) is 1. The van der Waals surface area contributed by atoms with E-state index in [-0.39, 0.29) is 12.3 Å². The average Bonchev–Trinajstić information content (AvgIpc) is 2.81. The first-order valence-electron chi connectivity index (χ1n) is 4.94. The molecule has 1 heterocycles. The molecule has 2 rings (SSSR count). The van der Waals surface area contributed by atoms with Crippen molar-refractivity contribution in [2.75, 3.05) is 5.32 Å². The molecule has 0 atom stereocenters. The molecule has 1 aromatic heterocycles. The predicted molar refractivity (Wildman–Crippen MR) is 59.1 cm³/mol. The van der Waals surface area contributed by atoms with E-state index in [2.05, 4.69) is 5.32 Å². The molecule has 1 aromatic carbocycles. The number of benzene rings is 1. The molecule has 5 heteroatoms. The van der Waals surface area contributed by atoms with E-state index in [1.165, 1.54) is 24.5 Å². The van der Waals surface area contributed by atoms with Crippen LogP contribution in [0, 0.1) is 5.82 Å². The Morgan fingerprint density at radius 2 is 2.29 bits per heavy atom. The summed E-state index contributed by atoms with van der Waals surface area (Å²) < 4.78 is 23.5. The summed E-state index contributed by atoms with van der Waals surface area (Å²) >= 11 is 0. The van der Waals surface area contributed by atoms with Gasteiger partial charge >= 0.3 is 0 Å². The van der Waals surface area contributed by atoms with Gasteiger partial charge in [0.15, 0.2) is 0 Å². The minimum Gasteiger partial charge on any atom is -0.483 e. The summed E-state index contributed by atoms with van der Waals surface area (Å²) in [5.74, 6) is 0.584. The normalized spacial score (nSPS) is 9.94. The van der Waals surface area contributed by atoms with Crippen molar-refractivity contribution in [3.63, 3.8) is 0 Å². The Bertz CT molecular complexity index is 496. The highest BCUT2D eigenvalue weighted by Crippen LogP contribution is 2.25. The lowest BCUT2D eigenvalue weighted by molar-refractivity contribution is -0.105. The zero-order valence-corrected chi connectivity index (χ0v) is 8.85. The molecule has 2 aromatic rings. The lowest BCUT2D eigenvalue weighted by atomic mass is 10.3. The molecule has 1 N–H and O–H groups in total. The number of hydrogen-bond donors (Lipinski definition) is 1. The van der Waals surface area contributed by atoms with Crippen molar-refractivity contribution in [1.82, 2.24) is 0 Å². The van der Waals surface area contributed by atoms with E-state index in [9.17, 15) is 9.18 Å². The van der Waals surface area contributed by atoms with Crippen LogP contribution in [0.15, 0.2) is 41.0 Å². The SMILES string of the molecule is O=CNc1cc(F)ccc1OCc1ccco1. The number of ether oxygens (including phenoxy) is 1. The molecule has 0 aliphatic heterocycles. The van der Waals surface area contributed by atoms with Crippen LogP contribution < -0.4 is 10.1 Å². The van der Waals surface area contributed by atoms with E-state index in [0.29, 0.717) is 17.9 Å². The smallest absolute Gasteiger partial charge is 0.211 e. The third kappa shape index (κ3) is 2.84. The van der Waals surface area contributed by atoms with E-state index in [1.54, 1.807) is 12.1 Å². The lowest BCUT2D eigenvalue weighted by Gasteiger charge is -2.09. The van der Waals surface area contributed by atoms with Crippen molar-refractivity contribution >= 4 is 12.1 Å². The van der Waals surface area contributed by atoms with Crippen molar-refractivity contribution in [2.24, 2.45) is 0 Å². The molecule has 0 saturated carbocycles. The number of anilines is 1. The fourth-order valence-electron chi connectivity index (χ4n) is 1.35. The molecule has 4 nitrogen and oxygen atoms in total. The number of carbonyl (C=O) groups excluding carboxylic acids is 1. The molecule has 0 aliphatic carbocycles. The van der Waals surface area contributed by atoms with Gasteiger partial charge in [-0.2, -0.15) is 0 Å². The second-order valence-electron chi connectivity index (χ2n) is 3.27. The molecule has 0 spiro atoms. The maximum absolute atomic E-state index is 13.0. The van der Waals surface area contributed by atoms with Gasteiger partial charge in [0.2, 0.25) is 6.41 Å². The molecule has 0 radical (unpaired) electrons. The topological polar surface area (TPSA) is 51.5 Å². The molecular weight excluding hydrogens is 225 g/mol. The first kappa shape index (κ1) is 11.2. The van der Waals surface area contributed by atoms with Crippen LogP contribution in [0.3, 0.4) is 0 Å². The van der Waals surface area contributed by atoms with Crippen molar-refractivity contribution in [3.8, 4) is 5.75 Å². The van der Waals surface area contributed by atoms with Crippen LogP contribution in [0.25, 0.3) is 0 Å². The van der Waals surface area contributed by atoms with Crippen LogP contribution in [-0.2, 0) is 11.4 Å². The standard InChI is InChI=1S/C12H10FNO3/c13-9-3-4-12(11(6-9)14-8-15)17-7-10-2-1-5-16-10/h1-6,8H,7H2,(H,14,15). The highest BCUT2D eigenvalue weighted by Gasteiger charge is 2.06. The van der Waals surface area contributed by atoms with Crippen LogP contribution in [0.1, 0.15) is 5.76 Å². The molecule has 0 bridgehead atoms. The number of amides is 1. The number of halogens is 1. The molecule has 17 heavy (non-hydrogen) atoms. The van der Waals surface area contributed by atoms with Gasteiger partial charge in [0.1, 0.15) is 23.9 Å². The highest BCUT2D eigenvalue weighted by atomic mass is 19.1. The zero-order chi connectivity index (χ0) is 12.1. The van der Waals surface area contributed by atoms with Crippen LogP contribution in [-0.4, -0.2) is 6.41 Å². The molecule has 1 amide bonds. The minimum atomic E-state index is -0.445. The summed E-state index contributed by atoms with van der Waals surface area (Å²) in [6, 6.07) is 7.40. The van der Waals surface area contributed by atoms with Gasteiger partial charge in [0, 0.05) is 6.07 Å². The van der Waals surface area contributed by atoms with Gasteiger partial charge in [-0.1, -0.05) is 0 Å². The average molecular weight is 235 g/mol. The van der Waals surface area contributed by atoms with Crippen LogP contribution in [0.4, 0.5) is 10.1 Å². The summed E-state index contributed by atoms with van der Waals surface area (Å²) in [6.45, 7) is 0.214. The Morgan fingerprint density at radius 3 is 3.00 bits per heavy atom. The molecule has 0 aliphatic rings. The Balaban J connectivity index is 2.11. The third-order valence-electron chi connectivity index (χ3n) is 2.11. The first-order valence-corrected chi connectivity index (χ1v) is 4.94. The Morgan fingerprint density at radius 1 is 1.41 bits per heavy atom. The number of hydrogen-bond acceptors (Lipinski definition) is 3. The second-order valence-corrected chi connectivity index (χ2v) is 3.27. The quantitative estimate of drug-likeness (QED) is 0.810. The van der Waals surface area contributed by atoms with Crippen LogP contribution >= 0.6 is 0 Å². The first-order chi connectivity index (χ1) is 8.29. The van der Waals surface area contributed by atoms with Gasteiger partial charge in [-0.05, 0) is 24.3 Å². The van der Waals surface area contributed by atoms with Gasteiger partial charge in [-0.3, -0.25) is 4.79 Å². The van der Waals surface area contributed by atoms with E-state index >= 15 is 0 Å². The van der Waals surface area contributed by atoms with Crippen molar-refractivity contribution in [1.29, 1.82) is 0 Å². The summed E-state index contributed by atoms with van der Waals surface area (Å²) in [5.41, 5.74) is 0.284. The van der Waals surface area contributed by atoms with Crippen molar-refractivity contribution in [3.05, 3.63) is 48.2 Å². The van der Waals surface area contributed by atoms with E-state index < -0.39 is 5.82 Å². The van der Waals surface area contributed by atoms with Crippen LogP contribution in [0.5, 0.6) is 5.75 Å². The molecule has 0 saturated heterocycles. The fourth-order valence-corrected chi connectivity index (χ4v) is 1.35. The van der Waals surface area contributed by atoms with Crippen molar-refractivity contribution in [2.45, 2.75) is 6.61 Å². The zero-order valence-electron chi connectivity index (χ0n) is 8.85. The predicted octanol–water partition coefficient (Wildman–Crippen LogP) is 2.57. The van der Waals surface area contributed by atoms with Crippen molar-refractivity contribution < 1.29 is 18.3 Å². The Hall–Kier alpha value is -2.30. The monoisotopic (exact) mass is 235 g/mol. The Labute approximate surface area is 97.0 Å². The van der Waals surface area contributed by atoms with E-state index in [1.807, 2.05) is 0 Å². The summed E-state index contributed by atoms with van der Waals surface area (Å²) in [6.07, 6.45) is 2.00. The number of furan rings is 1. The largest absolute Gasteiger partial charge is 0.483 e. The summed E-state index contributed by atoms with van der Waals surface area (Å²) in [7, 11) is 0. The highest BCUT2D eigenvalue weighted by molar-refractivity contribution is 5.75.